The summed E-state index contributed by atoms with van der Waals surface area (Å²) in [5.74, 6) is -0.264. The number of ether oxygens (including phenoxy) is 1. The van der Waals surface area contributed by atoms with Crippen molar-refractivity contribution in [1.82, 2.24) is 14.9 Å². The van der Waals surface area contributed by atoms with Crippen molar-refractivity contribution in [2.45, 2.75) is 44.6 Å². The maximum absolute atomic E-state index is 14.1. The zero-order valence-electron chi connectivity index (χ0n) is 20.3. The number of nitriles is 1. The molecule has 1 aliphatic heterocycles. The van der Waals surface area contributed by atoms with Crippen molar-refractivity contribution in [1.29, 1.82) is 5.26 Å². The number of halogens is 1. The molecule has 8 heteroatoms. The molecule has 1 aliphatic carbocycles. The largest absolute Gasteiger partial charge is 0.496 e. The molecule has 3 aromatic rings. The molecule has 1 aromatic carbocycles. The van der Waals surface area contributed by atoms with Crippen molar-refractivity contribution in [3.8, 4) is 22.9 Å². The Morgan fingerprint density at radius 3 is 2.75 bits per heavy atom. The molecule has 7 nitrogen and oxygen atoms in total. The van der Waals surface area contributed by atoms with Crippen LogP contribution in [0.5, 0.6) is 5.75 Å². The zero-order valence-corrected chi connectivity index (χ0v) is 20.3. The number of rotatable bonds is 6. The number of carboxylic acid groups (broad SMARTS) is 1. The van der Waals surface area contributed by atoms with Gasteiger partial charge in [0.2, 0.25) is 0 Å². The Balaban J connectivity index is 1.42. The third-order valence-electron chi connectivity index (χ3n) is 7.62. The van der Waals surface area contributed by atoms with Crippen LogP contribution in [0, 0.1) is 23.1 Å². The summed E-state index contributed by atoms with van der Waals surface area (Å²) in [5, 5.41) is 19.9. The van der Waals surface area contributed by atoms with E-state index in [2.05, 4.69) is 27.0 Å². The summed E-state index contributed by atoms with van der Waals surface area (Å²) in [6.45, 7) is 1.68. The smallest absolute Gasteiger partial charge is 0.303 e. The summed E-state index contributed by atoms with van der Waals surface area (Å²) in [6.07, 6.45) is 8.88. The minimum Gasteiger partial charge on any atom is -0.496 e. The molecule has 0 bridgehead atoms. The molecule has 0 unspecified atom stereocenters. The second kappa shape index (κ2) is 10.1. The minimum absolute atomic E-state index is 0.269. The molecule has 0 atom stereocenters. The number of aromatic nitrogens is 2. The van der Waals surface area contributed by atoms with Crippen LogP contribution in [0.3, 0.4) is 0 Å². The fourth-order valence-electron chi connectivity index (χ4n) is 5.79. The monoisotopic (exact) mass is 488 g/mol. The number of aliphatic carboxylic acids is 1. The number of nitrogens with one attached hydrogen (secondary N) is 1. The number of hydrogen-bond acceptors (Lipinski definition) is 5. The topological polar surface area (TPSA) is 102 Å². The highest BCUT2D eigenvalue weighted by Gasteiger charge is 2.29. The number of nitrogens with zero attached hydrogens (tertiary/aromatic N) is 3. The van der Waals surface area contributed by atoms with Crippen molar-refractivity contribution < 1.29 is 19.0 Å². The lowest BCUT2D eigenvalue weighted by molar-refractivity contribution is -0.138. The predicted molar refractivity (Wildman–Crippen MR) is 135 cm³/mol. The van der Waals surface area contributed by atoms with Gasteiger partial charge in [0, 0.05) is 42.7 Å². The first-order chi connectivity index (χ1) is 17.5. The predicted octanol–water partition coefficient (Wildman–Crippen LogP) is 5.37. The number of carbonyl (C=O) groups is 1. The highest BCUT2D eigenvalue weighted by Crippen LogP contribution is 2.39. The molecular weight excluding hydrogens is 459 g/mol. The number of H-pyrrole nitrogens is 1. The van der Waals surface area contributed by atoms with Gasteiger partial charge in [0.1, 0.15) is 23.3 Å². The van der Waals surface area contributed by atoms with Crippen LogP contribution in [-0.4, -0.2) is 52.2 Å². The van der Waals surface area contributed by atoms with E-state index in [0.717, 1.165) is 56.5 Å². The average molecular weight is 489 g/mol. The fourth-order valence-corrected chi connectivity index (χ4v) is 5.79. The molecule has 5 rings (SSSR count). The normalized spacial score (nSPS) is 20.6. The van der Waals surface area contributed by atoms with Crippen LogP contribution in [0.1, 0.15) is 49.8 Å². The van der Waals surface area contributed by atoms with E-state index in [1.54, 1.807) is 25.4 Å². The molecule has 1 fully saturated rings. The van der Waals surface area contributed by atoms with Gasteiger partial charge in [-0.1, -0.05) is 6.08 Å². The van der Waals surface area contributed by atoms with Crippen LogP contribution in [0.2, 0.25) is 0 Å². The van der Waals surface area contributed by atoms with E-state index in [1.807, 2.05) is 0 Å². The van der Waals surface area contributed by atoms with E-state index in [1.165, 1.54) is 12.1 Å². The van der Waals surface area contributed by atoms with Gasteiger partial charge in [-0.05, 0) is 73.4 Å². The second-order valence-corrected chi connectivity index (χ2v) is 9.66. The summed E-state index contributed by atoms with van der Waals surface area (Å²) in [6, 6.07) is 8.99. The third-order valence-corrected chi connectivity index (χ3v) is 7.62. The number of fused-ring (bicyclic) bond motifs is 1. The fraction of sp³-hybridized carbons (Fsp3) is 0.393. The molecule has 1 saturated carbocycles. The van der Waals surface area contributed by atoms with Gasteiger partial charge in [0.25, 0.3) is 0 Å². The van der Waals surface area contributed by atoms with Gasteiger partial charge in [0.15, 0.2) is 0 Å². The van der Waals surface area contributed by atoms with Gasteiger partial charge >= 0.3 is 5.97 Å². The molecule has 0 saturated heterocycles. The van der Waals surface area contributed by atoms with E-state index in [9.17, 15) is 14.4 Å². The quantitative estimate of drug-likeness (QED) is 0.484. The summed E-state index contributed by atoms with van der Waals surface area (Å²) in [4.78, 5) is 21.3. The van der Waals surface area contributed by atoms with Crippen molar-refractivity contribution in [2.75, 3.05) is 20.2 Å². The van der Waals surface area contributed by atoms with Crippen molar-refractivity contribution in [3.63, 3.8) is 0 Å². The number of benzene rings is 1. The van der Waals surface area contributed by atoms with E-state index < -0.39 is 5.97 Å². The van der Waals surface area contributed by atoms with Crippen LogP contribution in [0.15, 0.2) is 36.5 Å². The molecule has 0 radical (unpaired) electrons. The lowest BCUT2D eigenvalue weighted by Crippen LogP contribution is -2.40. The summed E-state index contributed by atoms with van der Waals surface area (Å²) in [5.41, 5.74) is 4.23. The first kappa shape index (κ1) is 24.0. The Kier molecular flexibility index (Phi) is 6.75. The molecule has 186 valence electrons. The van der Waals surface area contributed by atoms with Crippen LogP contribution >= 0.6 is 0 Å². The summed E-state index contributed by atoms with van der Waals surface area (Å²) < 4.78 is 19.6. The minimum atomic E-state index is -0.705. The SMILES string of the molecule is COc1ccc(F)cc1-c1ccnc2[nH]c(C3=CCN(C4CCC(CC(=O)O)CC4)CC3)c(C#N)c12. The van der Waals surface area contributed by atoms with E-state index in [4.69, 9.17) is 9.84 Å². The molecule has 36 heavy (non-hydrogen) atoms. The van der Waals surface area contributed by atoms with Gasteiger partial charge in [-0.2, -0.15) is 5.26 Å². The van der Waals surface area contributed by atoms with Gasteiger partial charge < -0.3 is 14.8 Å². The molecule has 3 heterocycles. The van der Waals surface area contributed by atoms with Gasteiger partial charge in [0.05, 0.1) is 18.4 Å². The lowest BCUT2D eigenvalue weighted by atomic mass is 9.83. The van der Waals surface area contributed by atoms with Gasteiger partial charge in [-0.3, -0.25) is 9.69 Å². The maximum Gasteiger partial charge on any atom is 0.303 e. The Labute approximate surface area is 209 Å². The maximum atomic E-state index is 14.1. The van der Waals surface area contributed by atoms with Gasteiger partial charge in [-0.15, -0.1) is 0 Å². The highest BCUT2D eigenvalue weighted by molar-refractivity contribution is 6.01. The van der Waals surface area contributed by atoms with Gasteiger partial charge in [-0.25, -0.2) is 9.37 Å². The lowest BCUT2D eigenvalue weighted by Gasteiger charge is -2.38. The van der Waals surface area contributed by atoms with Crippen molar-refractivity contribution in [2.24, 2.45) is 5.92 Å². The number of methoxy groups -OCH3 is 1. The molecule has 2 N–H and O–H groups in total. The second-order valence-electron chi connectivity index (χ2n) is 9.66. The highest BCUT2D eigenvalue weighted by atomic mass is 19.1. The summed E-state index contributed by atoms with van der Waals surface area (Å²) >= 11 is 0. The number of hydrogen-bond donors (Lipinski definition) is 2. The molecule has 0 spiro atoms. The van der Waals surface area contributed by atoms with Crippen LogP contribution in [0.4, 0.5) is 4.39 Å². The third kappa shape index (κ3) is 4.59. The first-order valence-corrected chi connectivity index (χ1v) is 12.4. The first-order valence-electron chi connectivity index (χ1n) is 12.4. The molecule has 2 aliphatic rings. The average Bonchev–Trinajstić information content (AvgIpc) is 3.28. The zero-order chi connectivity index (χ0) is 25.2. The van der Waals surface area contributed by atoms with Crippen molar-refractivity contribution >= 4 is 22.6 Å². The molecule has 0 amide bonds. The number of aromatic amines is 1. The Morgan fingerprint density at radius 1 is 1.28 bits per heavy atom. The van der Waals surface area contributed by atoms with Crippen molar-refractivity contribution in [3.05, 3.63) is 53.6 Å². The Hall–Kier alpha value is -3.70. The Morgan fingerprint density at radius 2 is 2.08 bits per heavy atom. The van der Waals surface area contributed by atoms with E-state index in [0.29, 0.717) is 39.5 Å². The van der Waals surface area contributed by atoms with E-state index >= 15 is 0 Å². The van der Waals surface area contributed by atoms with Crippen LogP contribution in [0.25, 0.3) is 27.7 Å². The van der Waals surface area contributed by atoms with Crippen LogP contribution in [-0.2, 0) is 4.79 Å². The molecular formula is C28H29FN4O3. The van der Waals surface area contributed by atoms with Crippen LogP contribution < -0.4 is 4.74 Å². The number of pyridine rings is 1. The van der Waals surface area contributed by atoms with E-state index in [-0.39, 0.29) is 18.2 Å². The molecule has 2 aromatic heterocycles. The Bertz CT molecular complexity index is 1370. The standard InChI is InChI=1S/C28H29FN4O3/c1-36-24-7-4-19(29)15-22(24)21-8-11-31-28-26(21)23(16-30)27(32-28)18-9-12-33(13-10-18)20-5-2-17(3-6-20)14-25(34)35/h4,7-9,11,15,17,20H,2-3,5-6,10,12-14H2,1H3,(H,31,32)(H,34,35). The number of carboxylic acids is 1. The summed E-state index contributed by atoms with van der Waals surface area (Å²) in [7, 11) is 1.54.